The van der Waals surface area contributed by atoms with Crippen LogP contribution in [-0.2, 0) is 14.6 Å². The van der Waals surface area contributed by atoms with E-state index in [-0.39, 0.29) is 25.0 Å². The summed E-state index contributed by atoms with van der Waals surface area (Å²) in [5, 5.41) is 4.17. The van der Waals surface area contributed by atoms with Crippen molar-refractivity contribution in [3.05, 3.63) is 29.1 Å². The lowest BCUT2D eigenvalue weighted by molar-refractivity contribution is -0.135. The van der Waals surface area contributed by atoms with Gasteiger partial charge in [-0.05, 0) is 12.8 Å². The summed E-state index contributed by atoms with van der Waals surface area (Å²) in [6, 6.07) is -1.59. The van der Waals surface area contributed by atoms with Crippen molar-refractivity contribution >= 4 is 21.8 Å². The number of amides is 2. The maximum Gasteiger partial charge on any atom is 0.315 e. The maximum absolute atomic E-state index is 13.5. The summed E-state index contributed by atoms with van der Waals surface area (Å²) in [6.07, 6.45) is -0.0968. The number of esters is 1. The molecule has 2 saturated heterocycles. The highest BCUT2D eigenvalue weighted by Crippen LogP contribution is 2.30. The van der Waals surface area contributed by atoms with Crippen LogP contribution in [0.3, 0.4) is 0 Å². The first kappa shape index (κ1) is 21.3. The first-order chi connectivity index (χ1) is 13.5. The number of hydrogen-bond acceptors (Lipinski definition) is 5. The lowest BCUT2D eigenvalue weighted by Crippen LogP contribution is -2.39. The second-order valence-corrected chi connectivity index (χ2v) is 9.00. The Morgan fingerprint density at radius 1 is 0.966 bits per heavy atom. The molecule has 2 heterocycles. The van der Waals surface area contributed by atoms with Gasteiger partial charge in [-0.2, -0.15) is 8.78 Å². The first-order valence-corrected chi connectivity index (χ1v) is 10.2. The van der Waals surface area contributed by atoms with Crippen molar-refractivity contribution in [1.82, 2.24) is 10.6 Å². The third-order valence-corrected chi connectivity index (χ3v) is 7.10. The van der Waals surface area contributed by atoms with Crippen LogP contribution in [0.2, 0.25) is 0 Å². The summed E-state index contributed by atoms with van der Waals surface area (Å²) in [6.45, 7) is 0. The minimum atomic E-state index is -3.46. The number of fused-ring (bicyclic) bond motifs is 1. The molecule has 0 saturated carbocycles. The summed E-state index contributed by atoms with van der Waals surface area (Å²) in [4.78, 5) is 23.0. The van der Waals surface area contributed by atoms with E-state index in [1.807, 2.05) is 0 Å². The average molecular weight is 442 g/mol. The molecule has 0 unspecified atom stereocenters. The van der Waals surface area contributed by atoms with Crippen LogP contribution >= 0.6 is 0 Å². The van der Waals surface area contributed by atoms with Gasteiger partial charge in [-0.1, -0.05) is 6.42 Å². The molecule has 3 rings (SSSR count). The van der Waals surface area contributed by atoms with Gasteiger partial charge in [0.05, 0.1) is 23.1 Å². The van der Waals surface area contributed by atoms with E-state index in [2.05, 4.69) is 15.4 Å². The molecular weight excluding hydrogens is 427 g/mol. The molecule has 2 N–H and O–H groups in total. The fourth-order valence-corrected chi connectivity index (χ4v) is 5.73. The van der Waals surface area contributed by atoms with Crippen LogP contribution in [0.1, 0.15) is 25.7 Å². The topological polar surface area (TPSA) is 102 Å². The van der Waals surface area contributed by atoms with Crippen LogP contribution in [0, 0.1) is 29.1 Å². The Bertz CT molecular complexity index is 942. The number of unbranched alkanes of at least 4 members (excludes halogenated alkanes) is 1. The highest BCUT2D eigenvalue weighted by Gasteiger charge is 2.51. The lowest BCUT2D eigenvalue weighted by Gasteiger charge is -2.16. The average Bonchev–Trinajstić information content (AvgIpc) is 3.10. The standard InChI is InChI=1S/C16H15F5N2O5S/c17-9-10(18)12(20)15(13(21)11(9)19)28-8(24)4-2-1-3-7-14-6(5-29(7,26)27)22-16(25)23-14/h6-7,14H,1-5H2,(H2,22,23,25)/t6-,7-,14-/m0/s1. The minimum absolute atomic E-state index is 0.0407. The summed E-state index contributed by atoms with van der Waals surface area (Å²) in [5.41, 5.74) is 0. The molecule has 13 heteroatoms. The van der Waals surface area contributed by atoms with Gasteiger partial charge >= 0.3 is 12.0 Å². The summed E-state index contributed by atoms with van der Waals surface area (Å²) < 4.78 is 94.7. The van der Waals surface area contributed by atoms with E-state index in [4.69, 9.17) is 0 Å². The smallest absolute Gasteiger partial charge is 0.315 e. The van der Waals surface area contributed by atoms with Crippen molar-refractivity contribution in [3.8, 4) is 5.75 Å². The number of carbonyl (C=O) groups excluding carboxylic acids is 2. The zero-order valence-electron chi connectivity index (χ0n) is 14.6. The number of halogens is 5. The van der Waals surface area contributed by atoms with E-state index in [0.29, 0.717) is 0 Å². The Morgan fingerprint density at radius 3 is 2.17 bits per heavy atom. The van der Waals surface area contributed by atoms with Gasteiger partial charge in [0.25, 0.3) is 0 Å². The minimum Gasteiger partial charge on any atom is -0.420 e. The number of urea groups is 1. The van der Waals surface area contributed by atoms with Crippen molar-refractivity contribution in [1.29, 1.82) is 0 Å². The highest BCUT2D eigenvalue weighted by molar-refractivity contribution is 7.92. The predicted octanol–water partition coefficient (Wildman–Crippen LogP) is 1.69. The van der Waals surface area contributed by atoms with Crippen molar-refractivity contribution in [3.63, 3.8) is 0 Å². The van der Waals surface area contributed by atoms with Crippen molar-refractivity contribution in [2.24, 2.45) is 0 Å². The molecule has 3 atom stereocenters. The molecule has 2 aliphatic heterocycles. The molecule has 0 aliphatic carbocycles. The van der Waals surface area contributed by atoms with E-state index in [0.717, 1.165) is 0 Å². The number of carbonyl (C=O) groups is 2. The number of nitrogens with one attached hydrogen (secondary N) is 2. The van der Waals surface area contributed by atoms with E-state index in [1.54, 1.807) is 0 Å². The Balaban J connectivity index is 1.54. The van der Waals surface area contributed by atoms with Crippen molar-refractivity contribution in [2.75, 3.05) is 5.75 Å². The van der Waals surface area contributed by atoms with Crippen LogP contribution in [-0.4, -0.2) is 43.5 Å². The molecule has 2 aliphatic rings. The van der Waals surface area contributed by atoms with E-state index in [1.165, 1.54) is 0 Å². The number of benzene rings is 1. The third kappa shape index (κ3) is 4.00. The number of rotatable bonds is 6. The molecule has 160 valence electrons. The van der Waals surface area contributed by atoms with E-state index in [9.17, 15) is 40.0 Å². The Morgan fingerprint density at radius 2 is 1.55 bits per heavy atom. The molecule has 2 amide bonds. The first-order valence-electron chi connectivity index (χ1n) is 8.53. The largest absolute Gasteiger partial charge is 0.420 e. The molecule has 0 radical (unpaired) electrons. The predicted molar refractivity (Wildman–Crippen MR) is 87.2 cm³/mol. The number of hydrogen-bond donors (Lipinski definition) is 2. The molecule has 2 fully saturated rings. The van der Waals surface area contributed by atoms with Crippen LogP contribution in [0.25, 0.3) is 0 Å². The Kier molecular flexibility index (Phi) is 5.70. The molecule has 7 nitrogen and oxygen atoms in total. The third-order valence-electron chi connectivity index (χ3n) is 4.83. The molecule has 1 aromatic carbocycles. The van der Waals surface area contributed by atoms with Gasteiger partial charge in [-0.15, -0.1) is 0 Å². The normalized spacial score (nSPS) is 24.7. The van der Waals surface area contributed by atoms with Crippen LogP contribution in [0.4, 0.5) is 26.7 Å². The summed E-state index contributed by atoms with van der Waals surface area (Å²) in [5.74, 6) is -14.5. The van der Waals surface area contributed by atoms with Gasteiger partial charge in [0.15, 0.2) is 9.84 Å². The van der Waals surface area contributed by atoms with Crippen LogP contribution in [0.15, 0.2) is 0 Å². The summed E-state index contributed by atoms with van der Waals surface area (Å²) >= 11 is 0. The van der Waals surface area contributed by atoms with Crippen molar-refractivity contribution < 1.29 is 44.7 Å². The fraction of sp³-hybridized carbons (Fsp3) is 0.500. The second kappa shape index (κ2) is 7.76. The van der Waals surface area contributed by atoms with Gasteiger partial charge in [0.1, 0.15) is 0 Å². The zero-order chi connectivity index (χ0) is 21.5. The van der Waals surface area contributed by atoms with E-state index < -0.39 is 80.4 Å². The summed E-state index contributed by atoms with van der Waals surface area (Å²) in [7, 11) is -3.46. The highest BCUT2D eigenvalue weighted by atomic mass is 32.2. The molecule has 0 aromatic heterocycles. The quantitative estimate of drug-likeness (QED) is 0.133. The monoisotopic (exact) mass is 442 g/mol. The van der Waals surface area contributed by atoms with Gasteiger partial charge in [0.2, 0.25) is 34.8 Å². The molecule has 29 heavy (non-hydrogen) atoms. The Hall–Kier alpha value is -2.44. The number of ether oxygens (including phenoxy) is 1. The Labute approximate surface area is 161 Å². The number of sulfone groups is 1. The zero-order valence-corrected chi connectivity index (χ0v) is 15.4. The van der Waals surface area contributed by atoms with Gasteiger partial charge in [-0.25, -0.2) is 26.4 Å². The SMILES string of the molecule is O=C1N[C@H]2[C@H](CS(=O)(=O)[C@H]2CCCCC(=O)Oc2c(F)c(F)c(F)c(F)c2F)N1. The fourth-order valence-electron chi connectivity index (χ4n) is 3.46. The van der Waals surface area contributed by atoms with Crippen molar-refractivity contribution in [2.45, 2.75) is 43.0 Å². The van der Waals surface area contributed by atoms with E-state index >= 15 is 0 Å². The van der Waals surface area contributed by atoms with Gasteiger partial charge in [0, 0.05) is 6.42 Å². The molecule has 0 spiro atoms. The molecule has 0 bridgehead atoms. The van der Waals surface area contributed by atoms with Crippen LogP contribution < -0.4 is 15.4 Å². The van der Waals surface area contributed by atoms with Crippen LogP contribution in [0.5, 0.6) is 5.75 Å². The molecular formula is C16H15F5N2O5S. The van der Waals surface area contributed by atoms with Gasteiger partial charge < -0.3 is 15.4 Å². The lowest BCUT2D eigenvalue weighted by atomic mass is 10.0. The molecule has 1 aromatic rings. The van der Waals surface area contributed by atoms with Gasteiger partial charge in [-0.3, -0.25) is 4.79 Å². The second-order valence-electron chi connectivity index (χ2n) is 6.74. The maximum atomic E-state index is 13.5.